The van der Waals surface area contributed by atoms with E-state index in [0.29, 0.717) is 19.5 Å². The molecule has 3 rings (SSSR count). The molecule has 0 bridgehead atoms. The highest BCUT2D eigenvalue weighted by Crippen LogP contribution is 2.24. The third-order valence-corrected chi connectivity index (χ3v) is 3.62. The molecule has 6 heteroatoms. The standard InChI is InChI=1S/C14H17N3O3/c18-10-14(19)3-6-17(9-14)8-12-7-13(16-20-12)11-1-4-15-5-2-11/h1-2,4-5,7,18-19H,3,6,8-10H2. The van der Waals surface area contributed by atoms with Crippen molar-refractivity contribution in [3.63, 3.8) is 0 Å². The molecule has 20 heavy (non-hydrogen) atoms. The number of aromatic nitrogens is 2. The van der Waals surface area contributed by atoms with Crippen LogP contribution in [0.5, 0.6) is 0 Å². The fraction of sp³-hybridized carbons (Fsp3) is 0.429. The van der Waals surface area contributed by atoms with E-state index >= 15 is 0 Å². The first kappa shape index (κ1) is 13.2. The number of aliphatic hydroxyl groups is 2. The summed E-state index contributed by atoms with van der Waals surface area (Å²) in [5.41, 5.74) is 0.760. The topological polar surface area (TPSA) is 82.6 Å². The molecule has 1 atom stereocenters. The normalized spacial score (nSPS) is 23.3. The minimum Gasteiger partial charge on any atom is -0.393 e. The molecule has 0 saturated carbocycles. The number of pyridine rings is 1. The van der Waals surface area contributed by atoms with E-state index in [-0.39, 0.29) is 6.61 Å². The van der Waals surface area contributed by atoms with Crippen molar-refractivity contribution in [2.45, 2.75) is 18.6 Å². The van der Waals surface area contributed by atoms with E-state index in [4.69, 9.17) is 9.63 Å². The number of β-amino-alcohol motifs (C(OH)–C–C–N with tert-alkyl or cyclic N) is 1. The average molecular weight is 275 g/mol. The minimum absolute atomic E-state index is 0.206. The fourth-order valence-electron chi connectivity index (χ4n) is 2.47. The van der Waals surface area contributed by atoms with Crippen LogP contribution in [0.3, 0.4) is 0 Å². The molecule has 0 aromatic carbocycles. The summed E-state index contributed by atoms with van der Waals surface area (Å²) in [6.45, 7) is 1.57. The molecule has 3 heterocycles. The molecule has 1 saturated heterocycles. The molecule has 2 aromatic rings. The minimum atomic E-state index is -0.978. The lowest BCUT2D eigenvalue weighted by Crippen LogP contribution is -2.36. The summed E-state index contributed by atoms with van der Waals surface area (Å²) in [5, 5.41) is 23.2. The van der Waals surface area contributed by atoms with E-state index < -0.39 is 5.60 Å². The average Bonchev–Trinajstić information content (AvgIpc) is 3.08. The Hall–Kier alpha value is -1.76. The van der Waals surface area contributed by atoms with Crippen molar-refractivity contribution in [2.75, 3.05) is 19.7 Å². The van der Waals surface area contributed by atoms with Gasteiger partial charge in [0.05, 0.1) is 13.2 Å². The second-order valence-electron chi connectivity index (χ2n) is 5.26. The molecule has 0 radical (unpaired) electrons. The van der Waals surface area contributed by atoms with Crippen LogP contribution in [0.2, 0.25) is 0 Å². The lowest BCUT2D eigenvalue weighted by Gasteiger charge is -2.19. The smallest absolute Gasteiger partial charge is 0.151 e. The second-order valence-corrected chi connectivity index (χ2v) is 5.26. The number of hydrogen-bond donors (Lipinski definition) is 2. The Morgan fingerprint density at radius 3 is 2.85 bits per heavy atom. The Bertz CT molecular complexity index is 572. The molecule has 0 spiro atoms. The summed E-state index contributed by atoms with van der Waals surface area (Å²) in [5.74, 6) is 0.749. The molecule has 1 aliphatic rings. The highest BCUT2D eigenvalue weighted by Gasteiger charge is 2.35. The van der Waals surface area contributed by atoms with Crippen molar-refractivity contribution in [3.8, 4) is 11.3 Å². The van der Waals surface area contributed by atoms with E-state index in [1.165, 1.54) is 0 Å². The summed E-state index contributed by atoms with van der Waals surface area (Å²) in [7, 11) is 0. The first-order chi connectivity index (χ1) is 9.68. The zero-order chi connectivity index (χ0) is 14.0. The monoisotopic (exact) mass is 275 g/mol. The van der Waals surface area contributed by atoms with Gasteiger partial charge < -0.3 is 14.7 Å². The van der Waals surface area contributed by atoms with Gasteiger partial charge in [-0.25, -0.2) is 0 Å². The highest BCUT2D eigenvalue weighted by molar-refractivity contribution is 5.57. The third-order valence-electron chi connectivity index (χ3n) is 3.62. The molecular weight excluding hydrogens is 258 g/mol. The SMILES string of the molecule is OCC1(O)CCN(Cc2cc(-c3ccncc3)no2)C1. The Kier molecular flexibility index (Phi) is 3.52. The zero-order valence-corrected chi connectivity index (χ0v) is 11.1. The van der Waals surface area contributed by atoms with Crippen molar-refractivity contribution in [1.29, 1.82) is 0 Å². The first-order valence-corrected chi connectivity index (χ1v) is 6.60. The summed E-state index contributed by atoms with van der Waals surface area (Å²) < 4.78 is 5.33. The van der Waals surface area contributed by atoms with Crippen molar-refractivity contribution in [1.82, 2.24) is 15.0 Å². The van der Waals surface area contributed by atoms with Crippen LogP contribution in [0.25, 0.3) is 11.3 Å². The van der Waals surface area contributed by atoms with Crippen molar-refractivity contribution < 1.29 is 14.7 Å². The summed E-state index contributed by atoms with van der Waals surface area (Å²) in [4.78, 5) is 6.02. The number of likely N-dealkylation sites (tertiary alicyclic amines) is 1. The van der Waals surface area contributed by atoms with Crippen molar-refractivity contribution >= 4 is 0 Å². The van der Waals surface area contributed by atoms with E-state index in [0.717, 1.165) is 23.6 Å². The Balaban J connectivity index is 1.67. The highest BCUT2D eigenvalue weighted by atomic mass is 16.5. The van der Waals surface area contributed by atoms with Gasteiger partial charge in [0, 0.05) is 37.1 Å². The van der Waals surface area contributed by atoms with Crippen molar-refractivity contribution in [3.05, 3.63) is 36.4 Å². The van der Waals surface area contributed by atoms with Crippen LogP contribution >= 0.6 is 0 Å². The van der Waals surface area contributed by atoms with E-state index in [1.807, 2.05) is 23.1 Å². The molecule has 1 fully saturated rings. The van der Waals surface area contributed by atoms with Gasteiger partial charge >= 0.3 is 0 Å². The van der Waals surface area contributed by atoms with Crippen LogP contribution in [0.1, 0.15) is 12.2 Å². The predicted molar refractivity (Wildman–Crippen MR) is 71.7 cm³/mol. The molecule has 0 amide bonds. The van der Waals surface area contributed by atoms with Gasteiger partial charge in [-0.05, 0) is 18.6 Å². The maximum atomic E-state index is 9.99. The molecule has 2 N–H and O–H groups in total. The Morgan fingerprint density at radius 2 is 2.15 bits per heavy atom. The number of nitrogens with zero attached hydrogens (tertiary/aromatic N) is 3. The van der Waals surface area contributed by atoms with E-state index in [2.05, 4.69) is 10.1 Å². The molecule has 1 aliphatic heterocycles. The fourth-order valence-corrected chi connectivity index (χ4v) is 2.47. The quantitative estimate of drug-likeness (QED) is 0.853. The van der Waals surface area contributed by atoms with E-state index in [9.17, 15) is 5.11 Å². The maximum absolute atomic E-state index is 9.99. The van der Waals surface area contributed by atoms with Gasteiger partial charge in [0.15, 0.2) is 5.76 Å². The first-order valence-electron chi connectivity index (χ1n) is 6.60. The van der Waals surface area contributed by atoms with Gasteiger partial charge in [-0.15, -0.1) is 0 Å². The van der Waals surface area contributed by atoms with Gasteiger partial charge in [-0.3, -0.25) is 9.88 Å². The van der Waals surface area contributed by atoms with Gasteiger partial charge in [-0.2, -0.15) is 0 Å². The van der Waals surface area contributed by atoms with Gasteiger partial charge in [0.1, 0.15) is 11.3 Å². The van der Waals surface area contributed by atoms with Gasteiger partial charge in [-0.1, -0.05) is 5.16 Å². The van der Waals surface area contributed by atoms with Crippen LogP contribution < -0.4 is 0 Å². The summed E-state index contributed by atoms with van der Waals surface area (Å²) in [6, 6.07) is 5.65. The number of hydrogen-bond acceptors (Lipinski definition) is 6. The Morgan fingerprint density at radius 1 is 1.35 bits per heavy atom. The van der Waals surface area contributed by atoms with Gasteiger partial charge in [0.25, 0.3) is 0 Å². The van der Waals surface area contributed by atoms with Crippen LogP contribution in [-0.4, -0.2) is 50.6 Å². The molecule has 106 valence electrons. The largest absolute Gasteiger partial charge is 0.393 e. The van der Waals surface area contributed by atoms with Gasteiger partial charge in [0.2, 0.25) is 0 Å². The van der Waals surface area contributed by atoms with Crippen molar-refractivity contribution in [2.24, 2.45) is 0 Å². The third kappa shape index (κ3) is 2.72. The van der Waals surface area contributed by atoms with Crippen LogP contribution in [0.15, 0.2) is 35.1 Å². The maximum Gasteiger partial charge on any atom is 0.151 e. The molecular formula is C14H17N3O3. The second kappa shape index (κ2) is 5.32. The lowest BCUT2D eigenvalue weighted by molar-refractivity contribution is -0.00627. The van der Waals surface area contributed by atoms with Crippen LogP contribution in [-0.2, 0) is 6.54 Å². The predicted octanol–water partition coefficient (Wildman–Crippen LogP) is 0.666. The summed E-state index contributed by atoms with van der Waals surface area (Å²) in [6.07, 6.45) is 4.01. The summed E-state index contributed by atoms with van der Waals surface area (Å²) >= 11 is 0. The zero-order valence-electron chi connectivity index (χ0n) is 11.1. The van der Waals surface area contributed by atoms with Crippen LogP contribution in [0, 0.1) is 0 Å². The van der Waals surface area contributed by atoms with E-state index in [1.54, 1.807) is 12.4 Å². The molecule has 1 unspecified atom stereocenters. The van der Waals surface area contributed by atoms with Crippen LogP contribution in [0.4, 0.5) is 0 Å². The number of aliphatic hydroxyl groups excluding tert-OH is 1. The molecule has 0 aliphatic carbocycles. The lowest BCUT2D eigenvalue weighted by atomic mass is 10.1. The molecule has 2 aromatic heterocycles. The Labute approximate surface area is 116 Å². The number of rotatable bonds is 4. The molecule has 6 nitrogen and oxygen atoms in total.